The number of aliphatic carboxylic acids is 1. The van der Waals surface area contributed by atoms with E-state index in [1.54, 1.807) is 0 Å². The van der Waals surface area contributed by atoms with Gasteiger partial charge in [0.2, 0.25) is 0 Å². The number of imidazole rings is 1. The molecule has 0 aliphatic carbocycles. The Bertz CT molecular complexity index is 555. The number of carboxylic acids is 1. The van der Waals surface area contributed by atoms with Gasteiger partial charge in [0.15, 0.2) is 11.1 Å². The summed E-state index contributed by atoms with van der Waals surface area (Å²) in [4.78, 5) is 21.1. The average Bonchev–Trinajstić information content (AvgIpc) is 2.65. The highest BCUT2D eigenvalue weighted by Crippen LogP contribution is 1.98. The van der Waals surface area contributed by atoms with E-state index in [2.05, 4.69) is 15.0 Å². The monoisotopic (exact) mass is 207 g/mol. The molecule has 7 nitrogen and oxygen atoms in total. The van der Waals surface area contributed by atoms with Gasteiger partial charge in [-0.15, -0.1) is 0 Å². The van der Waals surface area contributed by atoms with Crippen molar-refractivity contribution in [3.8, 4) is 0 Å². The highest BCUT2D eigenvalue weighted by atomic mass is 16.4. The van der Waals surface area contributed by atoms with Crippen molar-refractivity contribution in [3.63, 3.8) is 0 Å². The third kappa shape index (κ3) is 1.71. The van der Waals surface area contributed by atoms with Gasteiger partial charge in [-0.05, 0) is 0 Å². The number of aromatic nitrogens is 4. The molecule has 0 aliphatic heterocycles. The lowest BCUT2D eigenvalue weighted by Gasteiger charge is -2.03. The first-order valence-corrected chi connectivity index (χ1v) is 4.33. The molecule has 0 spiro atoms. The molecule has 2 aromatic heterocycles. The van der Waals surface area contributed by atoms with Gasteiger partial charge in [0.1, 0.15) is 5.52 Å². The predicted molar refractivity (Wildman–Crippen MR) is 50.0 cm³/mol. The molecule has 0 aliphatic rings. The largest absolute Gasteiger partial charge is 0.481 e. The lowest BCUT2D eigenvalue weighted by molar-refractivity contribution is -0.137. The maximum Gasteiger partial charge on any atom is 0.305 e. The number of fused-ring (bicyclic) bond motifs is 1. The molecule has 0 atom stereocenters. The van der Waals surface area contributed by atoms with Crippen molar-refractivity contribution in [2.75, 3.05) is 0 Å². The zero-order chi connectivity index (χ0) is 10.8. The molecule has 0 aromatic carbocycles. The molecular formula is C8H9N5O2. The molecule has 15 heavy (non-hydrogen) atoms. The van der Waals surface area contributed by atoms with Gasteiger partial charge in [0.25, 0.3) is 0 Å². The second kappa shape index (κ2) is 3.52. The molecule has 2 heterocycles. The Labute approximate surface area is 83.9 Å². The summed E-state index contributed by atoms with van der Waals surface area (Å²) in [6, 6.07) is 0. The maximum absolute atomic E-state index is 10.4. The van der Waals surface area contributed by atoms with Gasteiger partial charge in [-0.2, -0.15) is 0 Å². The molecule has 2 aromatic rings. The smallest absolute Gasteiger partial charge is 0.305 e. The maximum atomic E-state index is 10.4. The van der Waals surface area contributed by atoms with Crippen molar-refractivity contribution < 1.29 is 9.90 Å². The number of hydrogen-bond donors (Lipinski definition) is 3. The second-order valence-corrected chi connectivity index (χ2v) is 3.03. The lowest BCUT2D eigenvalue weighted by atomic mass is 10.4. The normalized spacial score (nSPS) is 10.7. The summed E-state index contributed by atoms with van der Waals surface area (Å²) >= 11 is 0. The molecule has 0 saturated heterocycles. The Hall–Kier alpha value is -2.18. The minimum atomic E-state index is -0.897. The van der Waals surface area contributed by atoms with Crippen LogP contribution in [0.5, 0.6) is 0 Å². The van der Waals surface area contributed by atoms with E-state index in [1.807, 2.05) is 0 Å². The molecule has 3 N–H and O–H groups in total. The molecule has 0 bridgehead atoms. The zero-order valence-electron chi connectivity index (χ0n) is 7.77. The molecule has 0 saturated carbocycles. The molecule has 0 radical (unpaired) electrons. The Morgan fingerprint density at radius 3 is 3.13 bits per heavy atom. The summed E-state index contributed by atoms with van der Waals surface area (Å²) in [5.74, 6) is -0.897. The Morgan fingerprint density at radius 2 is 2.40 bits per heavy atom. The van der Waals surface area contributed by atoms with Crippen molar-refractivity contribution in [1.29, 1.82) is 5.41 Å². The Balaban J connectivity index is 2.40. The summed E-state index contributed by atoms with van der Waals surface area (Å²) in [6.07, 6.45) is 2.85. The molecule has 0 amide bonds. The van der Waals surface area contributed by atoms with Gasteiger partial charge < -0.3 is 14.7 Å². The van der Waals surface area contributed by atoms with Crippen molar-refractivity contribution >= 4 is 17.1 Å². The molecule has 7 heteroatoms. The molecule has 0 unspecified atom stereocenters. The van der Waals surface area contributed by atoms with Crippen LogP contribution in [-0.4, -0.2) is 30.6 Å². The first-order chi connectivity index (χ1) is 7.18. The van der Waals surface area contributed by atoms with Crippen LogP contribution >= 0.6 is 0 Å². The summed E-state index contributed by atoms with van der Waals surface area (Å²) in [6.45, 7) is 0.232. The van der Waals surface area contributed by atoms with Crippen LogP contribution in [0.15, 0.2) is 12.7 Å². The number of carboxylic acid groups (broad SMARTS) is 1. The summed E-state index contributed by atoms with van der Waals surface area (Å²) in [5, 5.41) is 16.3. The van der Waals surface area contributed by atoms with Crippen LogP contribution in [0, 0.1) is 5.41 Å². The van der Waals surface area contributed by atoms with E-state index >= 15 is 0 Å². The highest BCUT2D eigenvalue weighted by molar-refractivity contribution is 5.68. The first-order valence-electron chi connectivity index (χ1n) is 4.33. The van der Waals surface area contributed by atoms with Crippen LogP contribution in [0.4, 0.5) is 0 Å². The van der Waals surface area contributed by atoms with E-state index < -0.39 is 5.97 Å². The van der Waals surface area contributed by atoms with Crippen LogP contribution < -0.4 is 5.49 Å². The van der Waals surface area contributed by atoms with Gasteiger partial charge in [-0.3, -0.25) is 10.2 Å². The number of aryl methyl sites for hydroxylation is 1. The number of aromatic amines is 1. The van der Waals surface area contributed by atoms with Gasteiger partial charge in [-0.1, -0.05) is 0 Å². The fourth-order valence-electron chi connectivity index (χ4n) is 1.27. The molecule has 2 rings (SSSR count). The van der Waals surface area contributed by atoms with Crippen molar-refractivity contribution in [1.82, 2.24) is 19.5 Å². The van der Waals surface area contributed by atoms with E-state index in [1.165, 1.54) is 17.2 Å². The minimum Gasteiger partial charge on any atom is -0.481 e. The molecular weight excluding hydrogens is 198 g/mol. The zero-order valence-corrected chi connectivity index (χ0v) is 7.77. The summed E-state index contributed by atoms with van der Waals surface area (Å²) in [5.41, 5.74) is 1.17. The number of nitrogens with zero attached hydrogens (tertiary/aromatic N) is 3. The van der Waals surface area contributed by atoms with Gasteiger partial charge in [0, 0.05) is 6.54 Å². The molecule has 78 valence electrons. The fourth-order valence-corrected chi connectivity index (χ4v) is 1.27. The summed E-state index contributed by atoms with van der Waals surface area (Å²) < 4.78 is 1.47. The third-order valence-corrected chi connectivity index (χ3v) is 2.03. The Morgan fingerprint density at radius 1 is 1.60 bits per heavy atom. The van der Waals surface area contributed by atoms with Crippen LogP contribution in [-0.2, 0) is 11.3 Å². The molecule has 0 fully saturated rings. The third-order valence-electron chi connectivity index (χ3n) is 2.03. The average molecular weight is 207 g/mol. The quantitative estimate of drug-likeness (QED) is 0.642. The Kier molecular flexibility index (Phi) is 2.20. The van der Waals surface area contributed by atoms with Crippen molar-refractivity contribution in [2.45, 2.75) is 13.0 Å². The van der Waals surface area contributed by atoms with Crippen molar-refractivity contribution in [3.05, 3.63) is 18.1 Å². The number of rotatable bonds is 3. The minimum absolute atomic E-state index is 0.0299. The van der Waals surface area contributed by atoms with Crippen LogP contribution in [0.3, 0.4) is 0 Å². The van der Waals surface area contributed by atoms with Crippen molar-refractivity contribution in [2.24, 2.45) is 0 Å². The van der Waals surface area contributed by atoms with E-state index in [0.29, 0.717) is 11.2 Å². The standard InChI is InChI=1S/C8H9N5O2/c9-7-6-8(11-3-10-6)12-4-13(7)2-1-5(14)15/h3-4,9H,1-2H2,(H,10,11)(H,14,15). The number of H-pyrrole nitrogens is 1. The predicted octanol–water partition coefficient (Wildman–Crippen LogP) is -0.286. The number of carbonyl (C=O) groups is 1. The van der Waals surface area contributed by atoms with Crippen LogP contribution in [0.2, 0.25) is 0 Å². The van der Waals surface area contributed by atoms with Gasteiger partial charge in [-0.25, -0.2) is 9.97 Å². The van der Waals surface area contributed by atoms with E-state index in [-0.39, 0.29) is 18.5 Å². The highest BCUT2D eigenvalue weighted by Gasteiger charge is 2.04. The first kappa shape index (κ1) is 9.38. The van der Waals surface area contributed by atoms with E-state index in [9.17, 15) is 4.79 Å². The summed E-state index contributed by atoms with van der Waals surface area (Å²) in [7, 11) is 0. The van der Waals surface area contributed by atoms with Crippen LogP contribution in [0.1, 0.15) is 6.42 Å². The van der Waals surface area contributed by atoms with Gasteiger partial charge in [0.05, 0.1) is 19.1 Å². The van der Waals surface area contributed by atoms with Crippen LogP contribution in [0.25, 0.3) is 11.2 Å². The van der Waals surface area contributed by atoms with E-state index in [0.717, 1.165) is 0 Å². The fraction of sp³-hybridized carbons (Fsp3) is 0.250. The number of nitrogens with one attached hydrogen (secondary N) is 2. The van der Waals surface area contributed by atoms with E-state index in [4.69, 9.17) is 10.5 Å². The number of hydrogen-bond acceptors (Lipinski definition) is 4. The lowest BCUT2D eigenvalue weighted by Crippen LogP contribution is -2.22. The second-order valence-electron chi connectivity index (χ2n) is 3.03. The topological polar surface area (TPSA) is 108 Å². The SMILES string of the molecule is N=c1c2[nH]cnc2ncn1CCC(=O)O. The van der Waals surface area contributed by atoms with Gasteiger partial charge >= 0.3 is 5.97 Å².